The minimum absolute atomic E-state index is 0.0415. The first kappa shape index (κ1) is 21.9. The number of nitrogens with one attached hydrogen (secondary N) is 1. The Bertz CT molecular complexity index is 1100. The van der Waals surface area contributed by atoms with Gasteiger partial charge in [0.05, 0.1) is 6.54 Å². The minimum atomic E-state index is -3.82. The topological polar surface area (TPSA) is 112 Å². The predicted molar refractivity (Wildman–Crippen MR) is 109 cm³/mol. The number of aromatic nitrogens is 1. The van der Waals surface area contributed by atoms with Gasteiger partial charge in [0.15, 0.2) is 14.6 Å². The second-order valence-electron chi connectivity index (χ2n) is 7.93. The molecular weight excluding hydrogens is 408 g/mol. The molecule has 2 aliphatic heterocycles. The van der Waals surface area contributed by atoms with E-state index >= 15 is 0 Å². The highest BCUT2D eigenvalue weighted by Crippen LogP contribution is 2.25. The highest BCUT2D eigenvalue weighted by Gasteiger charge is 2.44. The second-order valence-corrected chi connectivity index (χ2v) is 10.4. The Hall–Kier alpha value is -2.79. The fourth-order valence-corrected chi connectivity index (χ4v) is 4.28. The zero-order valence-corrected chi connectivity index (χ0v) is 17.9. The molecule has 160 valence electrons. The predicted octanol–water partition coefficient (Wildman–Crippen LogP) is -0.113. The number of hydrogen-bond donors (Lipinski definition) is 2. The van der Waals surface area contributed by atoms with Gasteiger partial charge in [-0.2, -0.15) is 0 Å². The van der Waals surface area contributed by atoms with E-state index in [2.05, 4.69) is 28.6 Å². The Morgan fingerprint density at radius 3 is 2.63 bits per heavy atom. The van der Waals surface area contributed by atoms with Gasteiger partial charge >= 0.3 is 6.03 Å². The van der Waals surface area contributed by atoms with Crippen LogP contribution in [0.5, 0.6) is 0 Å². The number of carbonyl (C=O) groups excluding carboxylic acids is 2. The number of sulfone groups is 1. The average molecular weight is 433 g/mol. The van der Waals surface area contributed by atoms with Crippen LogP contribution in [0.2, 0.25) is 0 Å². The summed E-state index contributed by atoms with van der Waals surface area (Å²) in [5, 5.41) is 8.89. The summed E-state index contributed by atoms with van der Waals surface area (Å²) < 4.78 is 23.7. The zero-order valence-electron chi connectivity index (χ0n) is 17.1. The van der Waals surface area contributed by atoms with E-state index in [1.807, 2.05) is 7.05 Å². The van der Waals surface area contributed by atoms with Crippen LogP contribution in [0, 0.1) is 29.6 Å². The van der Waals surface area contributed by atoms with E-state index in [9.17, 15) is 18.0 Å². The third-order valence-electron chi connectivity index (χ3n) is 5.60. The molecule has 1 saturated heterocycles. The summed E-state index contributed by atoms with van der Waals surface area (Å²) in [5.74, 6) is 11.0. The first-order valence-electron chi connectivity index (χ1n) is 9.40. The first-order chi connectivity index (χ1) is 14.0. The average Bonchev–Trinajstić information content (AvgIpc) is 3.18. The quantitative estimate of drug-likeness (QED) is 0.381. The molecule has 0 bridgehead atoms. The first-order valence-corrected chi connectivity index (χ1v) is 11.3. The Balaban J connectivity index is 1.63. The molecule has 2 aliphatic rings. The molecular formula is C20H24N4O5S. The molecule has 3 rings (SSSR count). The maximum atomic E-state index is 12.6. The summed E-state index contributed by atoms with van der Waals surface area (Å²) in [4.78, 5) is 28.2. The molecule has 30 heavy (non-hydrogen) atoms. The summed E-state index contributed by atoms with van der Waals surface area (Å²) >= 11 is 0. The highest BCUT2D eigenvalue weighted by molar-refractivity contribution is 7.92. The molecule has 0 aliphatic carbocycles. The van der Waals surface area contributed by atoms with Crippen molar-refractivity contribution in [2.24, 2.45) is 5.92 Å². The van der Waals surface area contributed by atoms with Gasteiger partial charge in [-0.3, -0.25) is 14.6 Å². The van der Waals surface area contributed by atoms with Gasteiger partial charge in [0.1, 0.15) is 0 Å². The molecule has 1 aromatic rings. The summed E-state index contributed by atoms with van der Waals surface area (Å²) in [6.07, 6.45) is 2.40. The van der Waals surface area contributed by atoms with E-state index < -0.39 is 20.5 Å². The van der Waals surface area contributed by atoms with Crippen molar-refractivity contribution in [2.75, 3.05) is 32.9 Å². The van der Waals surface area contributed by atoms with Crippen molar-refractivity contribution in [3.05, 3.63) is 23.5 Å². The Kier molecular flexibility index (Phi) is 5.95. The summed E-state index contributed by atoms with van der Waals surface area (Å²) in [7, 11) is -1.78. The van der Waals surface area contributed by atoms with E-state index in [1.165, 1.54) is 21.9 Å². The van der Waals surface area contributed by atoms with Crippen LogP contribution in [0.3, 0.4) is 0 Å². The van der Waals surface area contributed by atoms with E-state index in [0.717, 1.165) is 25.0 Å². The molecule has 0 radical (unpaired) electrons. The van der Waals surface area contributed by atoms with Crippen LogP contribution >= 0.6 is 0 Å². The lowest BCUT2D eigenvalue weighted by Gasteiger charge is -2.32. The van der Waals surface area contributed by atoms with Crippen molar-refractivity contribution < 1.29 is 23.2 Å². The number of amides is 2. The molecule has 1 aromatic heterocycles. The SMILES string of the molecule is CN1CC(C#CC#Cc2cc3n(c2)C(=O)N(CCC(C)(C(=O)NO)S(C)(=O)=O)C3)C1. The third-order valence-corrected chi connectivity index (χ3v) is 7.62. The highest BCUT2D eigenvalue weighted by atomic mass is 32.2. The van der Waals surface area contributed by atoms with Crippen molar-refractivity contribution in [2.45, 2.75) is 24.6 Å². The van der Waals surface area contributed by atoms with E-state index in [-0.39, 0.29) is 25.5 Å². The normalized spacial score (nSPS) is 18.4. The monoisotopic (exact) mass is 432 g/mol. The van der Waals surface area contributed by atoms with Crippen molar-refractivity contribution >= 4 is 21.8 Å². The van der Waals surface area contributed by atoms with Crippen molar-refractivity contribution in [3.8, 4) is 23.7 Å². The molecule has 10 heteroatoms. The Labute approximate surface area is 175 Å². The lowest BCUT2D eigenvalue weighted by Crippen LogP contribution is -2.50. The standard InChI is InChI=1S/C20H24N4O5S/c1-20(18(25)21-27,30(3,28)29)8-9-23-14-17-10-15(13-24(17)19(23)26)6-4-5-7-16-11-22(2)12-16/h10,13,16,27H,8-9,11-12,14H2,1-3H3,(H,21,25). The van der Waals surface area contributed by atoms with E-state index in [0.29, 0.717) is 11.5 Å². The van der Waals surface area contributed by atoms with Crippen LogP contribution in [0.15, 0.2) is 12.3 Å². The zero-order chi connectivity index (χ0) is 22.1. The number of likely N-dealkylation sites (tertiary alicyclic amines) is 1. The molecule has 1 atom stereocenters. The molecule has 0 saturated carbocycles. The number of hydroxylamine groups is 1. The molecule has 9 nitrogen and oxygen atoms in total. The van der Waals surface area contributed by atoms with Crippen LogP contribution < -0.4 is 5.48 Å². The van der Waals surface area contributed by atoms with E-state index in [1.54, 1.807) is 12.3 Å². The number of nitrogens with zero attached hydrogens (tertiary/aromatic N) is 3. The summed E-state index contributed by atoms with van der Waals surface area (Å²) in [6, 6.07) is 1.47. The molecule has 0 spiro atoms. The largest absolute Gasteiger partial charge is 0.328 e. The summed E-state index contributed by atoms with van der Waals surface area (Å²) in [6.45, 7) is 3.46. The molecule has 0 aromatic carbocycles. The van der Waals surface area contributed by atoms with Crippen LogP contribution in [-0.2, 0) is 21.2 Å². The summed E-state index contributed by atoms with van der Waals surface area (Å²) in [5.41, 5.74) is 2.81. The number of carbonyl (C=O) groups is 2. The lowest BCUT2D eigenvalue weighted by molar-refractivity contribution is -0.131. The smallest absolute Gasteiger partial charge is 0.318 e. The van der Waals surface area contributed by atoms with Crippen molar-refractivity contribution in [1.82, 2.24) is 19.8 Å². The number of rotatable bonds is 5. The van der Waals surface area contributed by atoms with Crippen LogP contribution in [-0.4, -0.2) is 77.6 Å². The molecule has 1 unspecified atom stereocenters. The van der Waals surface area contributed by atoms with Gasteiger partial charge in [-0.1, -0.05) is 11.8 Å². The van der Waals surface area contributed by atoms with Crippen molar-refractivity contribution in [3.63, 3.8) is 0 Å². The van der Waals surface area contributed by atoms with Gasteiger partial charge in [0.2, 0.25) is 0 Å². The van der Waals surface area contributed by atoms with Gasteiger partial charge in [0.25, 0.3) is 5.91 Å². The van der Waals surface area contributed by atoms with Crippen molar-refractivity contribution in [1.29, 1.82) is 0 Å². The fraction of sp³-hybridized carbons (Fsp3) is 0.500. The van der Waals surface area contributed by atoms with Gasteiger partial charge in [0, 0.05) is 49.3 Å². The minimum Gasteiger partial charge on any atom is -0.318 e. The lowest BCUT2D eigenvalue weighted by atomic mass is 10.0. The second kappa shape index (κ2) is 8.15. The Morgan fingerprint density at radius 2 is 2.07 bits per heavy atom. The third kappa shape index (κ3) is 4.21. The maximum absolute atomic E-state index is 12.6. The van der Waals surface area contributed by atoms with Gasteiger partial charge in [-0.15, -0.1) is 0 Å². The molecule has 3 heterocycles. The number of hydrogen-bond acceptors (Lipinski definition) is 6. The molecule has 1 fully saturated rings. The van der Waals surface area contributed by atoms with Crippen LogP contribution in [0.25, 0.3) is 0 Å². The fourth-order valence-electron chi connectivity index (χ4n) is 3.43. The van der Waals surface area contributed by atoms with Gasteiger partial charge in [-0.25, -0.2) is 18.7 Å². The van der Waals surface area contributed by atoms with Crippen LogP contribution in [0.1, 0.15) is 24.6 Å². The van der Waals surface area contributed by atoms with E-state index in [4.69, 9.17) is 5.21 Å². The molecule has 2 amide bonds. The maximum Gasteiger partial charge on any atom is 0.328 e. The number of fused-ring (bicyclic) bond motifs is 1. The van der Waals surface area contributed by atoms with Crippen LogP contribution in [0.4, 0.5) is 4.79 Å². The van der Waals surface area contributed by atoms with Gasteiger partial charge in [-0.05, 0) is 38.3 Å². The molecule has 2 N–H and O–H groups in total. The Morgan fingerprint density at radius 1 is 1.37 bits per heavy atom. The van der Waals surface area contributed by atoms with Gasteiger partial charge < -0.3 is 9.80 Å².